The molecular weight excluding hydrogens is 264 g/mol. The molecule has 0 saturated heterocycles. The van der Waals surface area contributed by atoms with Crippen molar-refractivity contribution in [3.8, 4) is 0 Å². The highest BCUT2D eigenvalue weighted by atomic mass is 35.5. The summed E-state index contributed by atoms with van der Waals surface area (Å²) in [7, 11) is 1.88. The lowest BCUT2D eigenvalue weighted by atomic mass is 10.1. The molecule has 1 aromatic rings. The molecule has 0 fully saturated rings. The van der Waals surface area contributed by atoms with Gasteiger partial charge in [0.15, 0.2) is 0 Å². The van der Waals surface area contributed by atoms with Crippen molar-refractivity contribution in [1.82, 2.24) is 10.6 Å². The fourth-order valence-electron chi connectivity index (χ4n) is 1.63. The van der Waals surface area contributed by atoms with E-state index in [2.05, 4.69) is 10.6 Å². The Kier molecular flexibility index (Phi) is 9.21. The first kappa shape index (κ1) is 17.9. The second-order valence-electron chi connectivity index (χ2n) is 4.40. The Labute approximate surface area is 121 Å². The Hall–Kier alpha value is -1.10. The Bertz CT molecular complexity index is 366. The molecule has 1 atom stereocenters. The molecule has 0 aliphatic rings. The molecule has 3 N–H and O–H groups in total. The second kappa shape index (κ2) is 9.78. The maximum absolute atomic E-state index is 11.5. The van der Waals surface area contributed by atoms with Crippen LogP contribution in [0.3, 0.4) is 0 Å². The van der Waals surface area contributed by atoms with Gasteiger partial charge in [-0.2, -0.15) is 0 Å². The molecule has 19 heavy (non-hydrogen) atoms. The Balaban J connectivity index is 0.00000324. The second-order valence-corrected chi connectivity index (χ2v) is 4.40. The molecule has 1 amide bonds. The molecule has 0 saturated carbocycles. The largest absolute Gasteiger partial charge is 0.389 e. The van der Waals surface area contributed by atoms with Crippen LogP contribution in [0.25, 0.3) is 0 Å². The van der Waals surface area contributed by atoms with E-state index in [1.807, 2.05) is 31.3 Å². The molecule has 1 aromatic carbocycles. The first-order valence-corrected chi connectivity index (χ1v) is 6.31. The monoisotopic (exact) mass is 286 g/mol. The molecule has 5 heteroatoms. The molecule has 1 rings (SSSR count). The molecule has 4 nitrogen and oxygen atoms in total. The zero-order valence-electron chi connectivity index (χ0n) is 11.5. The fourth-order valence-corrected chi connectivity index (χ4v) is 1.63. The Morgan fingerprint density at radius 3 is 2.47 bits per heavy atom. The lowest BCUT2D eigenvalue weighted by Crippen LogP contribution is -2.23. The van der Waals surface area contributed by atoms with Crippen molar-refractivity contribution in [2.45, 2.75) is 32.4 Å². The molecule has 108 valence electrons. The van der Waals surface area contributed by atoms with E-state index in [0.717, 1.165) is 24.1 Å². The van der Waals surface area contributed by atoms with E-state index in [4.69, 9.17) is 0 Å². The number of nitrogens with one attached hydrogen (secondary N) is 2. The number of hydrogen-bond donors (Lipinski definition) is 3. The number of carbonyl (C=O) groups excluding carboxylic acids is 1. The highest BCUT2D eigenvalue weighted by Gasteiger charge is 2.02. The van der Waals surface area contributed by atoms with Crippen LogP contribution in [0.15, 0.2) is 24.3 Å². The molecule has 0 spiro atoms. The van der Waals surface area contributed by atoms with Gasteiger partial charge >= 0.3 is 0 Å². The third-order valence-electron chi connectivity index (χ3n) is 2.78. The zero-order chi connectivity index (χ0) is 13.4. The van der Waals surface area contributed by atoms with Gasteiger partial charge in [-0.25, -0.2) is 0 Å². The van der Waals surface area contributed by atoms with Gasteiger partial charge in [-0.15, -0.1) is 12.4 Å². The van der Waals surface area contributed by atoms with Crippen molar-refractivity contribution in [3.63, 3.8) is 0 Å². The average Bonchev–Trinajstić information content (AvgIpc) is 2.37. The summed E-state index contributed by atoms with van der Waals surface area (Å²) in [6.07, 6.45) is 0.950. The molecule has 0 aliphatic carbocycles. The predicted molar refractivity (Wildman–Crippen MR) is 79.3 cm³/mol. The standard InChI is InChI=1S/C14H22N2O2.ClH/c1-11(17)13-7-5-12(6-8-13)10-16-14(18)4-3-9-15-2;/h5-8,11,15,17H,3-4,9-10H2,1-2H3,(H,16,18);1H. The molecule has 0 aliphatic heterocycles. The van der Waals surface area contributed by atoms with Crippen molar-refractivity contribution in [2.24, 2.45) is 0 Å². The number of amides is 1. The van der Waals surface area contributed by atoms with Crippen LogP contribution in [-0.4, -0.2) is 24.6 Å². The lowest BCUT2D eigenvalue weighted by Gasteiger charge is -2.08. The lowest BCUT2D eigenvalue weighted by molar-refractivity contribution is -0.121. The number of hydrogen-bond acceptors (Lipinski definition) is 3. The van der Waals surface area contributed by atoms with Crippen molar-refractivity contribution in [1.29, 1.82) is 0 Å². The van der Waals surface area contributed by atoms with Crippen molar-refractivity contribution in [2.75, 3.05) is 13.6 Å². The van der Waals surface area contributed by atoms with Crippen LogP contribution in [0.4, 0.5) is 0 Å². The minimum Gasteiger partial charge on any atom is -0.389 e. The molecular formula is C14H23ClN2O2. The van der Waals surface area contributed by atoms with Crippen molar-refractivity contribution >= 4 is 18.3 Å². The van der Waals surface area contributed by atoms with Crippen LogP contribution in [0.2, 0.25) is 0 Å². The van der Waals surface area contributed by atoms with Crippen LogP contribution < -0.4 is 10.6 Å². The Morgan fingerprint density at radius 1 is 1.32 bits per heavy atom. The van der Waals surface area contributed by atoms with Crippen LogP contribution in [0.1, 0.15) is 37.0 Å². The van der Waals surface area contributed by atoms with E-state index in [9.17, 15) is 9.90 Å². The number of carbonyl (C=O) groups is 1. The summed E-state index contributed by atoms with van der Waals surface area (Å²) in [6, 6.07) is 7.62. The van der Waals surface area contributed by atoms with E-state index >= 15 is 0 Å². The molecule has 0 heterocycles. The summed E-state index contributed by atoms with van der Waals surface area (Å²) < 4.78 is 0. The minimum atomic E-state index is -0.449. The number of rotatable bonds is 7. The maximum atomic E-state index is 11.5. The molecule has 1 unspecified atom stereocenters. The number of halogens is 1. The summed E-state index contributed by atoms with van der Waals surface area (Å²) in [5.74, 6) is 0.0739. The molecule has 0 bridgehead atoms. The van der Waals surface area contributed by atoms with Gasteiger partial charge in [-0.1, -0.05) is 24.3 Å². The topological polar surface area (TPSA) is 61.4 Å². The highest BCUT2D eigenvalue weighted by molar-refractivity contribution is 5.85. The third-order valence-corrected chi connectivity index (χ3v) is 2.78. The normalized spacial score (nSPS) is 11.5. The molecule has 0 radical (unpaired) electrons. The van der Waals surface area contributed by atoms with Crippen molar-refractivity contribution in [3.05, 3.63) is 35.4 Å². The van der Waals surface area contributed by atoms with Crippen LogP contribution in [0, 0.1) is 0 Å². The average molecular weight is 287 g/mol. The van der Waals surface area contributed by atoms with Gasteiger partial charge in [0.25, 0.3) is 0 Å². The smallest absolute Gasteiger partial charge is 0.220 e. The quantitative estimate of drug-likeness (QED) is 0.670. The van der Waals surface area contributed by atoms with Gasteiger partial charge in [0.1, 0.15) is 0 Å². The third kappa shape index (κ3) is 7.15. The van der Waals surface area contributed by atoms with Gasteiger partial charge in [-0.3, -0.25) is 4.79 Å². The number of benzene rings is 1. The summed E-state index contributed by atoms with van der Waals surface area (Å²) in [5.41, 5.74) is 1.93. The van der Waals surface area contributed by atoms with Gasteiger partial charge in [0.2, 0.25) is 5.91 Å². The van der Waals surface area contributed by atoms with Crippen molar-refractivity contribution < 1.29 is 9.90 Å². The van der Waals surface area contributed by atoms with E-state index < -0.39 is 6.10 Å². The first-order chi connectivity index (χ1) is 8.63. The van der Waals surface area contributed by atoms with E-state index in [-0.39, 0.29) is 18.3 Å². The number of aliphatic hydroxyl groups is 1. The summed E-state index contributed by atoms with van der Waals surface area (Å²) in [5, 5.41) is 15.3. The summed E-state index contributed by atoms with van der Waals surface area (Å²) in [4.78, 5) is 11.5. The zero-order valence-corrected chi connectivity index (χ0v) is 12.3. The van der Waals surface area contributed by atoms with E-state index in [1.54, 1.807) is 6.92 Å². The Morgan fingerprint density at radius 2 is 1.95 bits per heavy atom. The first-order valence-electron chi connectivity index (χ1n) is 6.31. The predicted octanol–water partition coefficient (Wildman–Crippen LogP) is 1.78. The van der Waals surface area contributed by atoms with Gasteiger partial charge < -0.3 is 15.7 Å². The summed E-state index contributed by atoms with van der Waals surface area (Å²) in [6.45, 7) is 3.13. The SMILES string of the molecule is CNCCCC(=O)NCc1ccc(C(C)O)cc1.Cl. The van der Waals surface area contributed by atoms with Gasteiger partial charge in [0.05, 0.1) is 6.10 Å². The van der Waals surface area contributed by atoms with Crippen LogP contribution in [0.5, 0.6) is 0 Å². The van der Waals surface area contributed by atoms with E-state index in [1.165, 1.54) is 0 Å². The fraction of sp³-hybridized carbons (Fsp3) is 0.500. The van der Waals surface area contributed by atoms with Gasteiger partial charge in [0, 0.05) is 13.0 Å². The van der Waals surface area contributed by atoms with Crippen LogP contribution >= 0.6 is 12.4 Å². The summed E-state index contributed by atoms with van der Waals surface area (Å²) >= 11 is 0. The highest BCUT2D eigenvalue weighted by Crippen LogP contribution is 2.12. The van der Waals surface area contributed by atoms with Crippen LogP contribution in [-0.2, 0) is 11.3 Å². The minimum absolute atomic E-state index is 0. The van der Waals surface area contributed by atoms with Gasteiger partial charge in [-0.05, 0) is 38.1 Å². The maximum Gasteiger partial charge on any atom is 0.220 e. The van der Waals surface area contributed by atoms with E-state index in [0.29, 0.717) is 13.0 Å². The number of aliphatic hydroxyl groups excluding tert-OH is 1. The molecule has 0 aromatic heterocycles.